The Kier molecular flexibility index (Phi) is 2.79. The molecule has 6 heteroatoms. The number of nitrogens with zero attached hydrogens (tertiary/aromatic N) is 1. The van der Waals surface area contributed by atoms with E-state index >= 15 is 0 Å². The molecule has 1 amide bonds. The number of carbonyl (C=O) groups is 1. The summed E-state index contributed by atoms with van der Waals surface area (Å²) in [5.41, 5.74) is 11.4. The van der Waals surface area contributed by atoms with E-state index in [0.717, 1.165) is 31.2 Å². The smallest absolute Gasteiger partial charge is 0.260 e. The minimum absolute atomic E-state index is 0.445. The molecule has 1 aliphatic heterocycles. The van der Waals surface area contributed by atoms with Gasteiger partial charge in [-0.15, -0.1) is 11.3 Å². The number of piperazine rings is 1. The molecule has 0 aromatic carbocycles. The molecule has 0 spiro atoms. The van der Waals surface area contributed by atoms with Gasteiger partial charge < -0.3 is 21.7 Å². The van der Waals surface area contributed by atoms with E-state index in [1.807, 2.05) is 6.07 Å². The number of nitrogens with one attached hydrogen (secondary N) is 1. The van der Waals surface area contributed by atoms with Crippen molar-refractivity contribution in [1.29, 1.82) is 0 Å². The lowest BCUT2D eigenvalue weighted by molar-refractivity contribution is 0.100. The largest absolute Gasteiger partial charge is 0.397 e. The fourth-order valence-electron chi connectivity index (χ4n) is 1.63. The molecule has 1 fully saturated rings. The van der Waals surface area contributed by atoms with Crippen LogP contribution in [0.15, 0.2) is 6.07 Å². The molecular formula is C9H14N4OS. The predicted octanol–water partition coefficient (Wildman–Crippen LogP) is -0.161. The second-order valence-corrected chi connectivity index (χ2v) is 4.50. The first kappa shape index (κ1) is 10.3. The maximum Gasteiger partial charge on any atom is 0.260 e. The first-order valence-corrected chi connectivity index (χ1v) is 5.65. The summed E-state index contributed by atoms with van der Waals surface area (Å²) in [4.78, 5) is 13.7. The van der Waals surface area contributed by atoms with Gasteiger partial charge in [0, 0.05) is 26.2 Å². The molecule has 82 valence electrons. The Morgan fingerprint density at radius 3 is 2.67 bits per heavy atom. The Hall–Kier alpha value is -1.27. The zero-order valence-corrected chi connectivity index (χ0v) is 9.14. The summed E-state index contributed by atoms with van der Waals surface area (Å²) < 4.78 is 0. The molecule has 5 N–H and O–H groups in total. The highest BCUT2D eigenvalue weighted by molar-refractivity contribution is 7.18. The summed E-state index contributed by atoms with van der Waals surface area (Å²) in [6, 6.07) is 1.83. The van der Waals surface area contributed by atoms with Crippen LogP contribution in [0.25, 0.3) is 0 Å². The number of carbonyl (C=O) groups excluding carboxylic acids is 1. The summed E-state index contributed by atoms with van der Waals surface area (Å²) in [6.07, 6.45) is 0. The summed E-state index contributed by atoms with van der Waals surface area (Å²) in [6.45, 7) is 3.81. The van der Waals surface area contributed by atoms with Crippen molar-refractivity contribution >= 4 is 27.9 Å². The average Bonchev–Trinajstić information content (AvgIpc) is 2.62. The molecule has 0 radical (unpaired) electrons. The maximum absolute atomic E-state index is 11.0. The van der Waals surface area contributed by atoms with E-state index < -0.39 is 5.91 Å². The molecular weight excluding hydrogens is 212 g/mol. The van der Waals surface area contributed by atoms with Crippen molar-refractivity contribution in [2.45, 2.75) is 0 Å². The molecule has 1 aromatic rings. The van der Waals surface area contributed by atoms with Gasteiger partial charge in [-0.25, -0.2) is 0 Å². The highest BCUT2D eigenvalue weighted by Gasteiger charge is 2.17. The maximum atomic E-state index is 11.0. The van der Waals surface area contributed by atoms with E-state index in [1.165, 1.54) is 11.3 Å². The van der Waals surface area contributed by atoms with Gasteiger partial charge in [0.25, 0.3) is 5.91 Å². The van der Waals surface area contributed by atoms with Gasteiger partial charge in [-0.05, 0) is 6.07 Å². The van der Waals surface area contributed by atoms with E-state index in [0.29, 0.717) is 10.6 Å². The standard InChI is InChI=1S/C9H14N4OS/c10-6-5-7(15-8(6)9(11)14)13-3-1-12-2-4-13/h5,12H,1-4,10H2,(H2,11,14). The summed E-state index contributed by atoms with van der Waals surface area (Å²) >= 11 is 1.37. The Bertz CT molecular complexity index is 370. The number of anilines is 2. The number of rotatable bonds is 2. The van der Waals surface area contributed by atoms with Crippen LogP contribution in [0.5, 0.6) is 0 Å². The highest BCUT2D eigenvalue weighted by atomic mass is 32.1. The molecule has 0 atom stereocenters. The predicted molar refractivity (Wildman–Crippen MR) is 62.3 cm³/mol. The zero-order chi connectivity index (χ0) is 10.8. The fraction of sp³-hybridized carbons (Fsp3) is 0.444. The third-order valence-electron chi connectivity index (χ3n) is 2.40. The Morgan fingerprint density at radius 2 is 2.13 bits per heavy atom. The first-order chi connectivity index (χ1) is 7.18. The lowest BCUT2D eigenvalue weighted by atomic mass is 10.3. The minimum Gasteiger partial charge on any atom is -0.397 e. The number of nitrogen functional groups attached to an aromatic ring is 1. The Labute approximate surface area is 92.0 Å². The molecule has 15 heavy (non-hydrogen) atoms. The van der Waals surface area contributed by atoms with Gasteiger partial charge in [0.05, 0.1) is 10.7 Å². The molecule has 0 aliphatic carbocycles. The fourth-order valence-corrected chi connectivity index (χ4v) is 2.61. The molecule has 0 unspecified atom stereocenters. The third kappa shape index (κ3) is 2.05. The van der Waals surface area contributed by atoms with Crippen molar-refractivity contribution in [3.05, 3.63) is 10.9 Å². The van der Waals surface area contributed by atoms with E-state index in [9.17, 15) is 4.79 Å². The molecule has 1 aliphatic rings. The topological polar surface area (TPSA) is 84.4 Å². The molecule has 1 saturated heterocycles. The number of primary amides is 1. The van der Waals surface area contributed by atoms with Crippen LogP contribution in [0.3, 0.4) is 0 Å². The number of hydrogen-bond acceptors (Lipinski definition) is 5. The van der Waals surface area contributed by atoms with Gasteiger partial charge >= 0.3 is 0 Å². The number of nitrogens with two attached hydrogens (primary N) is 2. The van der Waals surface area contributed by atoms with Crippen LogP contribution in [0.4, 0.5) is 10.7 Å². The van der Waals surface area contributed by atoms with Crippen molar-refractivity contribution in [1.82, 2.24) is 5.32 Å². The Morgan fingerprint density at radius 1 is 1.47 bits per heavy atom. The minimum atomic E-state index is -0.445. The van der Waals surface area contributed by atoms with Crippen LogP contribution in [0.2, 0.25) is 0 Å². The number of hydrogen-bond donors (Lipinski definition) is 3. The molecule has 2 rings (SSSR count). The van der Waals surface area contributed by atoms with Crippen LogP contribution in [0.1, 0.15) is 9.67 Å². The first-order valence-electron chi connectivity index (χ1n) is 4.83. The second kappa shape index (κ2) is 4.08. The van der Waals surface area contributed by atoms with E-state index in [-0.39, 0.29) is 0 Å². The molecule has 0 bridgehead atoms. The zero-order valence-electron chi connectivity index (χ0n) is 8.32. The number of amides is 1. The second-order valence-electron chi connectivity index (χ2n) is 3.47. The molecule has 1 aromatic heterocycles. The molecule has 5 nitrogen and oxygen atoms in total. The van der Waals surface area contributed by atoms with Crippen molar-refractivity contribution in [3.63, 3.8) is 0 Å². The third-order valence-corrected chi connectivity index (χ3v) is 3.63. The van der Waals surface area contributed by atoms with Crippen molar-refractivity contribution in [3.8, 4) is 0 Å². The van der Waals surface area contributed by atoms with E-state index in [4.69, 9.17) is 11.5 Å². The van der Waals surface area contributed by atoms with E-state index in [1.54, 1.807) is 0 Å². The van der Waals surface area contributed by atoms with Gasteiger partial charge in [-0.3, -0.25) is 4.79 Å². The van der Waals surface area contributed by atoms with Crippen molar-refractivity contribution in [2.75, 3.05) is 36.8 Å². The van der Waals surface area contributed by atoms with Gasteiger partial charge in [-0.2, -0.15) is 0 Å². The van der Waals surface area contributed by atoms with Gasteiger partial charge in [0.1, 0.15) is 4.88 Å². The van der Waals surface area contributed by atoms with Crippen LogP contribution in [0, 0.1) is 0 Å². The van der Waals surface area contributed by atoms with Gasteiger partial charge in [-0.1, -0.05) is 0 Å². The van der Waals surface area contributed by atoms with Crippen molar-refractivity contribution < 1.29 is 4.79 Å². The highest BCUT2D eigenvalue weighted by Crippen LogP contribution is 2.31. The monoisotopic (exact) mass is 226 g/mol. The van der Waals surface area contributed by atoms with Crippen LogP contribution in [-0.4, -0.2) is 32.1 Å². The summed E-state index contributed by atoms with van der Waals surface area (Å²) in [5.74, 6) is -0.445. The SMILES string of the molecule is NC(=O)c1sc(N2CCNCC2)cc1N. The van der Waals surface area contributed by atoms with Crippen molar-refractivity contribution in [2.24, 2.45) is 5.73 Å². The normalized spacial score (nSPS) is 16.7. The summed E-state index contributed by atoms with van der Waals surface area (Å²) in [7, 11) is 0. The lowest BCUT2D eigenvalue weighted by Crippen LogP contribution is -2.43. The van der Waals surface area contributed by atoms with Crippen LogP contribution < -0.4 is 21.7 Å². The van der Waals surface area contributed by atoms with Crippen LogP contribution in [-0.2, 0) is 0 Å². The van der Waals surface area contributed by atoms with Crippen LogP contribution >= 0.6 is 11.3 Å². The Balaban J connectivity index is 2.21. The van der Waals surface area contributed by atoms with Gasteiger partial charge in [0.2, 0.25) is 0 Å². The molecule has 2 heterocycles. The van der Waals surface area contributed by atoms with Gasteiger partial charge in [0.15, 0.2) is 0 Å². The molecule has 0 saturated carbocycles. The number of thiophene rings is 1. The lowest BCUT2D eigenvalue weighted by Gasteiger charge is -2.27. The van der Waals surface area contributed by atoms with E-state index in [2.05, 4.69) is 10.2 Å². The summed E-state index contributed by atoms with van der Waals surface area (Å²) in [5, 5.41) is 4.30. The quantitative estimate of drug-likeness (QED) is 0.654. The average molecular weight is 226 g/mol.